The number of ether oxygens (including phenoxy) is 2. The Hall–Kier alpha value is -3.17. The number of carbonyl (C=O) groups is 2. The maximum absolute atomic E-state index is 13.1. The number of benzene rings is 1. The molecular weight excluding hydrogens is 455 g/mol. The van der Waals surface area contributed by atoms with Gasteiger partial charge in [0.1, 0.15) is 11.4 Å². The Balaban J connectivity index is 1.20. The second kappa shape index (κ2) is 8.80. The largest absolute Gasteiger partial charge is 0.447 e. The lowest BCUT2D eigenvalue weighted by Gasteiger charge is -2.38. The molecule has 0 unspecified atom stereocenters. The maximum Gasteiger partial charge on any atom is 0.410 e. The van der Waals surface area contributed by atoms with Gasteiger partial charge in [-0.3, -0.25) is 0 Å². The van der Waals surface area contributed by atoms with Crippen molar-refractivity contribution in [2.24, 2.45) is 0 Å². The zero-order valence-corrected chi connectivity index (χ0v) is 20.3. The number of carbonyl (C=O) groups excluding carboxylic acids is 2. The SMILES string of the molecule is CC(C)(C)OC(=O)N(C1CC1)C1CCN(c2nc(C3(OC(=O)c4ccc(F)cc4)CC3)no2)CC1. The lowest BCUT2D eigenvalue weighted by molar-refractivity contribution is 0.0111. The minimum Gasteiger partial charge on any atom is -0.447 e. The number of hydrogen-bond acceptors (Lipinski definition) is 8. The van der Waals surface area contributed by atoms with E-state index in [9.17, 15) is 14.0 Å². The van der Waals surface area contributed by atoms with Crippen molar-refractivity contribution in [1.82, 2.24) is 15.0 Å². The predicted octanol–water partition coefficient (Wildman–Crippen LogP) is 4.42. The van der Waals surface area contributed by atoms with E-state index in [1.54, 1.807) is 0 Å². The van der Waals surface area contributed by atoms with Crippen molar-refractivity contribution in [2.75, 3.05) is 18.0 Å². The molecule has 0 radical (unpaired) electrons. The van der Waals surface area contributed by atoms with E-state index in [0.29, 0.717) is 37.8 Å². The molecule has 10 heteroatoms. The summed E-state index contributed by atoms with van der Waals surface area (Å²) in [7, 11) is 0. The van der Waals surface area contributed by atoms with Crippen LogP contribution in [0.4, 0.5) is 15.2 Å². The first-order valence-electron chi connectivity index (χ1n) is 12.2. The van der Waals surface area contributed by atoms with Crippen LogP contribution in [-0.2, 0) is 15.1 Å². The zero-order chi connectivity index (χ0) is 24.8. The van der Waals surface area contributed by atoms with Gasteiger partial charge in [-0.15, -0.1) is 0 Å². The number of esters is 1. The molecule has 0 atom stereocenters. The molecule has 2 saturated carbocycles. The average molecular weight is 487 g/mol. The van der Waals surface area contributed by atoms with Gasteiger partial charge in [0.05, 0.1) is 5.56 Å². The van der Waals surface area contributed by atoms with Gasteiger partial charge < -0.3 is 23.8 Å². The van der Waals surface area contributed by atoms with Gasteiger partial charge in [0.2, 0.25) is 5.82 Å². The third-order valence-electron chi connectivity index (χ3n) is 6.57. The van der Waals surface area contributed by atoms with E-state index >= 15 is 0 Å². The summed E-state index contributed by atoms with van der Waals surface area (Å²) in [6.07, 6.45) is 4.56. The van der Waals surface area contributed by atoms with E-state index in [1.807, 2.05) is 30.6 Å². The molecule has 1 aromatic heterocycles. The number of anilines is 1. The fourth-order valence-electron chi connectivity index (χ4n) is 4.44. The van der Waals surface area contributed by atoms with E-state index in [4.69, 9.17) is 14.0 Å². The first kappa shape index (κ1) is 23.6. The van der Waals surface area contributed by atoms with E-state index in [-0.39, 0.29) is 23.7 Å². The van der Waals surface area contributed by atoms with Gasteiger partial charge in [-0.05, 0) is 83.6 Å². The summed E-state index contributed by atoms with van der Waals surface area (Å²) in [5.74, 6) is -0.615. The van der Waals surface area contributed by atoms with Crippen molar-refractivity contribution < 1.29 is 28.0 Å². The molecule has 1 saturated heterocycles. The molecule has 1 amide bonds. The Morgan fingerprint density at radius 3 is 2.29 bits per heavy atom. The number of rotatable bonds is 6. The average Bonchev–Trinajstić information content (AvgIpc) is 3.73. The molecule has 9 nitrogen and oxygen atoms in total. The molecular formula is C25H31FN4O5. The smallest absolute Gasteiger partial charge is 0.410 e. The van der Waals surface area contributed by atoms with Gasteiger partial charge in [-0.25, -0.2) is 14.0 Å². The van der Waals surface area contributed by atoms with E-state index in [2.05, 4.69) is 10.1 Å². The van der Waals surface area contributed by atoms with Crippen LogP contribution in [-0.4, -0.2) is 57.9 Å². The minimum absolute atomic E-state index is 0.113. The summed E-state index contributed by atoms with van der Waals surface area (Å²) >= 11 is 0. The third kappa shape index (κ3) is 5.26. The Morgan fingerprint density at radius 2 is 1.71 bits per heavy atom. The number of piperidine rings is 1. The molecule has 3 aliphatic rings. The number of aromatic nitrogens is 2. The number of nitrogens with zero attached hydrogens (tertiary/aromatic N) is 4. The molecule has 3 fully saturated rings. The lowest BCUT2D eigenvalue weighted by Crippen LogP contribution is -2.50. The highest BCUT2D eigenvalue weighted by atomic mass is 19.1. The van der Waals surface area contributed by atoms with Crippen LogP contribution in [0.25, 0.3) is 0 Å². The van der Waals surface area contributed by atoms with Crippen LogP contribution in [0, 0.1) is 5.82 Å². The first-order valence-corrected chi connectivity index (χ1v) is 12.2. The first-order chi connectivity index (χ1) is 16.6. The predicted molar refractivity (Wildman–Crippen MR) is 123 cm³/mol. The second-order valence-electron chi connectivity index (χ2n) is 10.6. The van der Waals surface area contributed by atoms with Gasteiger partial charge in [0.25, 0.3) is 0 Å². The summed E-state index contributed by atoms with van der Waals surface area (Å²) in [5, 5.41) is 4.10. The molecule has 0 bridgehead atoms. The standard InChI is InChI=1S/C25H31FN4O5/c1-24(2,3)34-23(32)30(18-8-9-18)19-10-14-29(15-11-19)22-27-21(28-35-22)25(12-13-25)33-20(31)16-4-6-17(26)7-5-16/h4-7,18-19H,8-15H2,1-3H3. The monoisotopic (exact) mass is 486 g/mol. The molecule has 5 rings (SSSR count). The van der Waals surface area contributed by atoms with Crippen LogP contribution in [0.2, 0.25) is 0 Å². The number of amides is 1. The topological polar surface area (TPSA) is 98.0 Å². The fourth-order valence-corrected chi connectivity index (χ4v) is 4.44. The van der Waals surface area contributed by atoms with Crippen LogP contribution in [0.3, 0.4) is 0 Å². The Morgan fingerprint density at radius 1 is 1.09 bits per heavy atom. The van der Waals surface area contributed by atoms with Crippen LogP contribution in [0.5, 0.6) is 0 Å². The highest BCUT2D eigenvalue weighted by Gasteiger charge is 2.53. The zero-order valence-electron chi connectivity index (χ0n) is 20.3. The third-order valence-corrected chi connectivity index (χ3v) is 6.57. The summed E-state index contributed by atoms with van der Waals surface area (Å²) < 4.78 is 30.0. The fraction of sp³-hybridized carbons (Fsp3) is 0.600. The van der Waals surface area contributed by atoms with Crippen LogP contribution < -0.4 is 4.90 Å². The van der Waals surface area contributed by atoms with Crippen LogP contribution in [0.1, 0.15) is 75.5 Å². The van der Waals surface area contributed by atoms with Gasteiger partial charge in [0.15, 0.2) is 5.60 Å². The molecule has 1 aromatic carbocycles. The van der Waals surface area contributed by atoms with Gasteiger partial charge in [-0.2, -0.15) is 4.98 Å². The molecule has 2 aliphatic carbocycles. The molecule has 188 valence electrons. The van der Waals surface area contributed by atoms with Crippen molar-refractivity contribution in [3.8, 4) is 0 Å². The molecule has 0 N–H and O–H groups in total. The lowest BCUT2D eigenvalue weighted by atomic mass is 10.0. The van der Waals surface area contributed by atoms with E-state index < -0.39 is 23.0 Å². The Labute approximate surface area is 203 Å². The Bertz CT molecular complexity index is 1080. The van der Waals surface area contributed by atoms with Gasteiger partial charge in [-0.1, -0.05) is 5.16 Å². The van der Waals surface area contributed by atoms with Crippen LogP contribution >= 0.6 is 0 Å². The molecule has 2 aromatic rings. The van der Waals surface area contributed by atoms with Crippen molar-refractivity contribution in [3.05, 3.63) is 41.5 Å². The van der Waals surface area contributed by atoms with Gasteiger partial charge in [0, 0.05) is 25.2 Å². The van der Waals surface area contributed by atoms with Crippen molar-refractivity contribution in [1.29, 1.82) is 0 Å². The van der Waals surface area contributed by atoms with Crippen molar-refractivity contribution >= 4 is 18.1 Å². The number of halogens is 1. The van der Waals surface area contributed by atoms with E-state index in [1.165, 1.54) is 24.3 Å². The molecule has 2 heterocycles. The van der Waals surface area contributed by atoms with Crippen LogP contribution in [0.15, 0.2) is 28.8 Å². The molecule has 35 heavy (non-hydrogen) atoms. The summed E-state index contributed by atoms with van der Waals surface area (Å²) in [6.45, 7) is 6.99. The molecule has 0 spiro atoms. The maximum atomic E-state index is 13.1. The molecule has 1 aliphatic heterocycles. The highest BCUT2D eigenvalue weighted by Crippen LogP contribution is 2.49. The number of hydrogen-bond donors (Lipinski definition) is 0. The van der Waals surface area contributed by atoms with Crippen molar-refractivity contribution in [2.45, 2.75) is 82.6 Å². The second-order valence-corrected chi connectivity index (χ2v) is 10.6. The summed E-state index contributed by atoms with van der Waals surface area (Å²) in [4.78, 5) is 33.8. The highest BCUT2D eigenvalue weighted by molar-refractivity contribution is 5.89. The quantitative estimate of drug-likeness (QED) is 0.554. The Kier molecular flexibility index (Phi) is 5.93. The summed E-state index contributed by atoms with van der Waals surface area (Å²) in [6, 6.07) is 5.99. The van der Waals surface area contributed by atoms with Crippen molar-refractivity contribution in [3.63, 3.8) is 0 Å². The normalized spacial score (nSPS) is 19.8. The minimum atomic E-state index is -0.898. The summed E-state index contributed by atoms with van der Waals surface area (Å²) in [5.41, 5.74) is -1.15. The van der Waals surface area contributed by atoms with Gasteiger partial charge >= 0.3 is 18.1 Å². The van der Waals surface area contributed by atoms with E-state index in [0.717, 1.165) is 25.7 Å².